The molecule has 12 nitrogen and oxygen atoms in total. The molecule has 220 valence electrons. The second-order valence-electron chi connectivity index (χ2n) is 8.98. The highest BCUT2D eigenvalue weighted by Gasteiger charge is 2.25. The number of carbonyl (C=O) groups is 6. The number of carboxylic acid groups (broad SMARTS) is 1. The standard InChI is InChI=1S/C28H33N5O7.CH4/c1-4-20-9-5-6-10-22(20)27(29)28(40)30-18(2)14-33(19(3)36)24-12-8-7-11-23(24)32(17-35)15-25(37)31-21(16-34)13-26(38)39;/h4-12,16-18,21,27H,1,13-15,29H2,2-3H3,(H,30,40)(H,31,37)(H,38,39);1H4/t18-,21+,27?;/m1./s1. The summed E-state index contributed by atoms with van der Waals surface area (Å²) in [6.07, 6.45) is 1.66. The number of carboxylic acids is 1. The van der Waals surface area contributed by atoms with Crippen molar-refractivity contribution in [3.8, 4) is 0 Å². The van der Waals surface area contributed by atoms with E-state index in [1.54, 1.807) is 55.5 Å². The first-order chi connectivity index (χ1) is 19.0. The van der Waals surface area contributed by atoms with E-state index in [0.29, 0.717) is 18.3 Å². The van der Waals surface area contributed by atoms with E-state index in [1.807, 2.05) is 0 Å². The maximum absolute atomic E-state index is 12.9. The van der Waals surface area contributed by atoms with E-state index < -0.39 is 54.8 Å². The van der Waals surface area contributed by atoms with Crippen LogP contribution in [0.5, 0.6) is 0 Å². The molecule has 0 bridgehead atoms. The Hall–Kier alpha value is -4.84. The molecule has 0 aliphatic heterocycles. The van der Waals surface area contributed by atoms with E-state index in [2.05, 4.69) is 17.2 Å². The van der Waals surface area contributed by atoms with Gasteiger partial charge in [0.1, 0.15) is 18.9 Å². The molecule has 0 saturated carbocycles. The Balaban J connectivity index is 0.00000840. The van der Waals surface area contributed by atoms with E-state index in [1.165, 1.54) is 17.9 Å². The molecule has 2 aromatic carbocycles. The molecule has 0 radical (unpaired) electrons. The van der Waals surface area contributed by atoms with E-state index in [4.69, 9.17) is 10.8 Å². The summed E-state index contributed by atoms with van der Waals surface area (Å²) in [4.78, 5) is 74.3. The van der Waals surface area contributed by atoms with Crippen LogP contribution in [0.1, 0.15) is 44.9 Å². The highest BCUT2D eigenvalue weighted by molar-refractivity contribution is 5.99. The lowest BCUT2D eigenvalue weighted by atomic mass is 10.00. The molecule has 12 heteroatoms. The van der Waals surface area contributed by atoms with Crippen molar-refractivity contribution >= 4 is 53.8 Å². The van der Waals surface area contributed by atoms with E-state index in [0.717, 1.165) is 10.5 Å². The molecular formula is C29H37N5O7. The molecule has 3 atom stereocenters. The largest absolute Gasteiger partial charge is 0.481 e. The van der Waals surface area contributed by atoms with Crippen LogP contribution in [0.4, 0.5) is 11.4 Å². The molecule has 0 spiro atoms. The van der Waals surface area contributed by atoms with Gasteiger partial charge < -0.3 is 36.1 Å². The average molecular weight is 568 g/mol. The fourth-order valence-electron chi connectivity index (χ4n) is 4.01. The number of nitrogens with two attached hydrogens (primary N) is 1. The number of nitrogens with zero attached hydrogens (tertiary/aromatic N) is 2. The monoisotopic (exact) mass is 567 g/mol. The van der Waals surface area contributed by atoms with Gasteiger partial charge >= 0.3 is 5.97 Å². The van der Waals surface area contributed by atoms with Crippen LogP contribution in [0.3, 0.4) is 0 Å². The molecular weight excluding hydrogens is 530 g/mol. The molecule has 0 aliphatic rings. The Labute approximate surface area is 239 Å². The number of aldehydes is 1. The van der Waals surface area contributed by atoms with Crippen molar-refractivity contribution in [2.75, 3.05) is 22.9 Å². The summed E-state index contributed by atoms with van der Waals surface area (Å²) in [6, 6.07) is 10.6. The molecule has 2 rings (SSSR count). The van der Waals surface area contributed by atoms with Crippen LogP contribution in [0.15, 0.2) is 55.1 Å². The summed E-state index contributed by atoms with van der Waals surface area (Å²) >= 11 is 0. The van der Waals surface area contributed by atoms with Gasteiger partial charge in [0.2, 0.25) is 24.1 Å². The second kappa shape index (κ2) is 16.3. The lowest BCUT2D eigenvalue weighted by Gasteiger charge is -2.30. The van der Waals surface area contributed by atoms with Gasteiger partial charge in [-0.25, -0.2) is 0 Å². The van der Waals surface area contributed by atoms with Gasteiger partial charge in [0.05, 0.1) is 23.8 Å². The highest BCUT2D eigenvalue weighted by Crippen LogP contribution is 2.29. The molecule has 5 N–H and O–H groups in total. The maximum Gasteiger partial charge on any atom is 0.305 e. The molecule has 0 aromatic heterocycles. The van der Waals surface area contributed by atoms with Crippen LogP contribution in [-0.2, 0) is 28.8 Å². The predicted molar refractivity (Wildman–Crippen MR) is 156 cm³/mol. The third-order valence-corrected chi connectivity index (χ3v) is 5.89. The zero-order chi connectivity index (χ0) is 29.8. The van der Waals surface area contributed by atoms with Gasteiger partial charge in [-0.1, -0.05) is 56.5 Å². The van der Waals surface area contributed by atoms with Crippen molar-refractivity contribution in [3.05, 3.63) is 66.2 Å². The Morgan fingerprint density at radius 1 is 1.02 bits per heavy atom. The Morgan fingerprint density at radius 3 is 2.20 bits per heavy atom. The third-order valence-electron chi connectivity index (χ3n) is 5.89. The fourth-order valence-corrected chi connectivity index (χ4v) is 4.01. The smallest absolute Gasteiger partial charge is 0.305 e. The number of para-hydroxylation sites is 2. The molecule has 0 saturated heterocycles. The fraction of sp³-hybridized carbons (Fsp3) is 0.310. The molecule has 4 amide bonds. The van der Waals surface area contributed by atoms with Crippen LogP contribution >= 0.6 is 0 Å². The van der Waals surface area contributed by atoms with E-state index in [-0.39, 0.29) is 25.3 Å². The van der Waals surface area contributed by atoms with Crippen LogP contribution in [-0.4, -0.2) is 66.7 Å². The predicted octanol–water partition coefficient (Wildman–Crippen LogP) is 1.64. The van der Waals surface area contributed by atoms with Crippen molar-refractivity contribution in [3.63, 3.8) is 0 Å². The summed E-state index contributed by atoms with van der Waals surface area (Å²) in [5.74, 6) is -2.91. The van der Waals surface area contributed by atoms with Gasteiger partial charge in [0.25, 0.3) is 0 Å². The van der Waals surface area contributed by atoms with Crippen molar-refractivity contribution in [2.45, 2.75) is 45.8 Å². The molecule has 41 heavy (non-hydrogen) atoms. The van der Waals surface area contributed by atoms with Crippen LogP contribution in [0, 0.1) is 0 Å². The number of hydrogen-bond acceptors (Lipinski definition) is 7. The summed E-state index contributed by atoms with van der Waals surface area (Å²) in [5, 5.41) is 13.9. The summed E-state index contributed by atoms with van der Waals surface area (Å²) < 4.78 is 0. The van der Waals surface area contributed by atoms with Gasteiger partial charge in [-0.05, 0) is 30.2 Å². The molecule has 1 unspecified atom stereocenters. The SMILES string of the molecule is C.C=Cc1ccccc1C(N)C(=O)N[C@H](C)CN(C(C)=O)c1ccccc1N(C=O)CC(=O)N[C@H](C=O)CC(=O)O. The van der Waals surface area contributed by atoms with Crippen molar-refractivity contribution in [1.82, 2.24) is 10.6 Å². The lowest BCUT2D eigenvalue weighted by molar-refractivity contribution is -0.138. The first-order valence-corrected chi connectivity index (χ1v) is 12.3. The Morgan fingerprint density at radius 2 is 1.63 bits per heavy atom. The number of anilines is 2. The van der Waals surface area contributed by atoms with E-state index >= 15 is 0 Å². The van der Waals surface area contributed by atoms with Gasteiger partial charge in [0.15, 0.2) is 0 Å². The molecule has 0 fully saturated rings. The van der Waals surface area contributed by atoms with Crippen LogP contribution in [0.2, 0.25) is 0 Å². The topological polar surface area (TPSA) is 179 Å². The average Bonchev–Trinajstić information content (AvgIpc) is 2.93. The minimum Gasteiger partial charge on any atom is -0.481 e. The number of benzene rings is 2. The molecule has 0 aliphatic carbocycles. The van der Waals surface area contributed by atoms with Crippen LogP contribution in [0.25, 0.3) is 6.08 Å². The van der Waals surface area contributed by atoms with Crippen molar-refractivity contribution < 1.29 is 33.9 Å². The zero-order valence-corrected chi connectivity index (χ0v) is 22.3. The second-order valence-corrected chi connectivity index (χ2v) is 8.98. The van der Waals surface area contributed by atoms with Crippen LogP contribution < -0.4 is 26.2 Å². The summed E-state index contributed by atoms with van der Waals surface area (Å²) in [5.41, 5.74) is 7.99. The quantitative estimate of drug-likeness (QED) is 0.235. The number of aliphatic carboxylic acids is 1. The van der Waals surface area contributed by atoms with Gasteiger partial charge in [0, 0.05) is 19.5 Å². The lowest BCUT2D eigenvalue weighted by Crippen LogP contribution is -2.47. The normalized spacial score (nSPS) is 12.4. The molecule has 0 heterocycles. The van der Waals surface area contributed by atoms with Crippen molar-refractivity contribution in [2.24, 2.45) is 5.73 Å². The number of rotatable bonds is 15. The first kappa shape index (κ1) is 34.2. The minimum absolute atomic E-state index is 0. The Bertz CT molecular complexity index is 1270. The minimum atomic E-state index is -1.28. The Kier molecular flexibility index (Phi) is 13.6. The first-order valence-electron chi connectivity index (χ1n) is 12.3. The number of amides is 4. The highest BCUT2D eigenvalue weighted by atomic mass is 16.4. The third kappa shape index (κ3) is 9.69. The summed E-state index contributed by atoms with van der Waals surface area (Å²) in [6.45, 7) is 6.22. The van der Waals surface area contributed by atoms with Gasteiger partial charge in [-0.3, -0.25) is 24.0 Å². The maximum atomic E-state index is 12.9. The number of carbonyl (C=O) groups excluding carboxylic acids is 5. The number of nitrogens with one attached hydrogen (secondary N) is 2. The van der Waals surface area contributed by atoms with Gasteiger partial charge in [-0.2, -0.15) is 0 Å². The van der Waals surface area contributed by atoms with Gasteiger partial charge in [-0.15, -0.1) is 0 Å². The molecule has 2 aromatic rings. The zero-order valence-electron chi connectivity index (χ0n) is 22.3. The number of hydrogen-bond donors (Lipinski definition) is 4. The van der Waals surface area contributed by atoms with E-state index in [9.17, 15) is 28.8 Å². The van der Waals surface area contributed by atoms with Crippen molar-refractivity contribution in [1.29, 1.82) is 0 Å². The summed E-state index contributed by atoms with van der Waals surface area (Å²) in [7, 11) is 0.